The monoisotopic (exact) mass is 860 g/mol. The van der Waals surface area contributed by atoms with E-state index in [1.54, 1.807) is 11.8 Å². The smallest absolute Gasteiger partial charge is 0.410 e. The number of aliphatic imine (C=N–C) groups is 1. The summed E-state index contributed by atoms with van der Waals surface area (Å²) in [6, 6.07) is 17.7. The zero-order chi connectivity index (χ0) is 44.5. The van der Waals surface area contributed by atoms with Gasteiger partial charge in [0.05, 0.1) is 55.6 Å². The number of esters is 1. The SMILES string of the molecule is CC[C@H]1OC(=O)[C@@H](C)[C@H]2OCC(=NOCc3ccc(-c4ccccc4)cc3)CO[C@](C)(C[C@@H](C)C3=NCCN4C(=O)O[C@@]1(C)[C@H]4[C@H]3C)[C@H](O[C@H]1O[C@@H](C)C[C@@H](N(C)C)[C@@H]1O)[C@H]2C. The molecule has 7 rings (SSSR count). The van der Waals surface area contributed by atoms with Crippen molar-refractivity contribution in [2.45, 2.75) is 141 Å². The molecule has 0 saturated carbocycles. The predicted octanol–water partition coefficient (Wildman–Crippen LogP) is 6.52. The minimum Gasteiger partial charge on any atom is -0.458 e. The van der Waals surface area contributed by atoms with Crippen molar-refractivity contribution in [3.05, 3.63) is 60.2 Å². The Morgan fingerprint density at radius 1 is 0.968 bits per heavy atom. The summed E-state index contributed by atoms with van der Waals surface area (Å²) in [5.74, 6) is -2.23. The molecule has 5 aliphatic rings. The van der Waals surface area contributed by atoms with E-state index in [2.05, 4.69) is 43.3 Å². The van der Waals surface area contributed by atoms with Crippen LogP contribution in [0.25, 0.3) is 11.1 Å². The second-order valence-corrected chi connectivity index (χ2v) is 18.9. The number of nitrogens with zero attached hydrogens (tertiary/aromatic N) is 4. The van der Waals surface area contributed by atoms with Crippen LogP contribution in [-0.2, 0) is 44.7 Å². The van der Waals surface area contributed by atoms with Gasteiger partial charge in [0.2, 0.25) is 0 Å². The number of carbonyl (C=O) groups excluding carboxylic acids is 2. The summed E-state index contributed by atoms with van der Waals surface area (Å²) in [4.78, 5) is 43.1. The number of cyclic esters (lactones) is 1. The van der Waals surface area contributed by atoms with Crippen molar-refractivity contribution in [3.63, 3.8) is 0 Å². The number of hydrogen-bond donors (Lipinski definition) is 1. The third kappa shape index (κ3) is 9.32. The second-order valence-electron chi connectivity index (χ2n) is 18.9. The lowest BCUT2D eigenvalue weighted by Gasteiger charge is -2.48. The lowest BCUT2D eigenvalue weighted by Crippen LogP contribution is -2.60. The molecule has 5 heterocycles. The maximum atomic E-state index is 14.6. The molecule has 0 unspecified atom stereocenters. The van der Waals surface area contributed by atoms with Gasteiger partial charge in [0.1, 0.15) is 24.5 Å². The Balaban J connectivity index is 1.27. The molecule has 340 valence electrons. The van der Waals surface area contributed by atoms with Gasteiger partial charge in [0.15, 0.2) is 11.9 Å². The molecule has 1 amide bonds. The van der Waals surface area contributed by atoms with Crippen LogP contribution in [0.15, 0.2) is 64.7 Å². The normalized spacial score (nSPS) is 38.9. The molecule has 4 saturated heterocycles. The molecule has 2 aromatic rings. The molecule has 62 heavy (non-hydrogen) atoms. The van der Waals surface area contributed by atoms with Crippen LogP contribution in [0.2, 0.25) is 0 Å². The van der Waals surface area contributed by atoms with E-state index in [0.717, 1.165) is 22.4 Å². The number of likely N-dealkylation sites (N-methyl/N-ethyl adjacent to an activating group) is 1. The van der Waals surface area contributed by atoms with Crippen molar-refractivity contribution in [2.75, 3.05) is 40.4 Å². The Bertz CT molecular complexity index is 1930. The molecular formula is C48H68N4O10. The fourth-order valence-electron chi connectivity index (χ4n) is 10.8. The van der Waals surface area contributed by atoms with Gasteiger partial charge in [-0.2, -0.15) is 0 Å². The summed E-state index contributed by atoms with van der Waals surface area (Å²) in [5, 5.41) is 16.4. The summed E-state index contributed by atoms with van der Waals surface area (Å²) in [7, 11) is 3.88. The second kappa shape index (κ2) is 19.0. The van der Waals surface area contributed by atoms with Crippen LogP contribution < -0.4 is 0 Å². The van der Waals surface area contributed by atoms with E-state index < -0.39 is 71.8 Å². The van der Waals surface area contributed by atoms with Crippen LogP contribution in [0.1, 0.15) is 80.2 Å². The van der Waals surface area contributed by atoms with Gasteiger partial charge in [-0.25, -0.2) is 4.79 Å². The Labute approximate surface area is 367 Å². The summed E-state index contributed by atoms with van der Waals surface area (Å²) in [5.41, 5.74) is 2.38. The lowest BCUT2D eigenvalue weighted by molar-refractivity contribution is -0.302. The number of rotatable bonds is 8. The van der Waals surface area contributed by atoms with Crippen LogP contribution in [0.3, 0.4) is 0 Å². The molecule has 0 aliphatic carbocycles. The topological polar surface area (TPSA) is 150 Å². The number of oxime groups is 1. The van der Waals surface area contributed by atoms with Crippen molar-refractivity contribution in [1.82, 2.24) is 9.80 Å². The zero-order valence-electron chi connectivity index (χ0n) is 38.2. The highest BCUT2D eigenvalue weighted by Crippen LogP contribution is 2.45. The Kier molecular flexibility index (Phi) is 14.2. The van der Waals surface area contributed by atoms with E-state index in [-0.39, 0.29) is 43.8 Å². The number of hydrogen-bond acceptors (Lipinski definition) is 13. The van der Waals surface area contributed by atoms with Gasteiger partial charge in [0.25, 0.3) is 0 Å². The maximum Gasteiger partial charge on any atom is 0.410 e. The number of ether oxygens (including phenoxy) is 6. The van der Waals surface area contributed by atoms with Crippen LogP contribution in [0, 0.1) is 23.7 Å². The number of aliphatic hydroxyl groups excluding tert-OH is 1. The molecule has 4 bridgehead atoms. The van der Waals surface area contributed by atoms with E-state index in [0.29, 0.717) is 38.1 Å². The fourth-order valence-corrected chi connectivity index (χ4v) is 10.8. The van der Waals surface area contributed by atoms with Gasteiger partial charge in [-0.3, -0.25) is 14.7 Å². The van der Waals surface area contributed by atoms with Crippen molar-refractivity contribution in [2.24, 2.45) is 33.8 Å². The van der Waals surface area contributed by atoms with E-state index in [9.17, 15) is 14.7 Å². The molecule has 0 radical (unpaired) electrons. The largest absolute Gasteiger partial charge is 0.458 e. The first kappa shape index (κ1) is 46.1. The first-order chi connectivity index (χ1) is 29.5. The van der Waals surface area contributed by atoms with Crippen LogP contribution >= 0.6 is 0 Å². The van der Waals surface area contributed by atoms with E-state index in [4.69, 9.17) is 38.3 Å². The van der Waals surface area contributed by atoms with Crippen molar-refractivity contribution in [3.8, 4) is 11.1 Å². The van der Waals surface area contributed by atoms with Crippen molar-refractivity contribution < 1.29 is 48.0 Å². The lowest BCUT2D eigenvalue weighted by atomic mass is 9.72. The van der Waals surface area contributed by atoms with Crippen LogP contribution in [-0.4, -0.2) is 139 Å². The van der Waals surface area contributed by atoms with Gasteiger partial charge in [-0.15, -0.1) is 0 Å². The molecular weight excluding hydrogens is 793 g/mol. The van der Waals surface area contributed by atoms with Crippen LogP contribution in [0.5, 0.6) is 0 Å². The molecule has 2 aromatic carbocycles. The number of carbonyl (C=O) groups is 2. The van der Waals surface area contributed by atoms with Gasteiger partial charge in [0, 0.05) is 30.1 Å². The maximum absolute atomic E-state index is 14.6. The van der Waals surface area contributed by atoms with Gasteiger partial charge >= 0.3 is 12.1 Å². The van der Waals surface area contributed by atoms with Crippen molar-refractivity contribution in [1.29, 1.82) is 0 Å². The Morgan fingerprint density at radius 2 is 1.68 bits per heavy atom. The number of benzene rings is 2. The van der Waals surface area contributed by atoms with Crippen molar-refractivity contribution >= 4 is 23.5 Å². The molecule has 5 aliphatic heterocycles. The van der Waals surface area contributed by atoms with Gasteiger partial charge in [-0.05, 0) is 83.7 Å². The first-order valence-electron chi connectivity index (χ1n) is 22.5. The van der Waals surface area contributed by atoms with E-state index in [1.807, 2.05) is 83.9 Å². The minimum absolute atomic E-state index is 0.00747. The highest BCUT2D eigenvalue weighted by Gasteiger charge is 2.60. The standard InChI is InChI=1S/C48H68N4O10/c1-11-38-48(8)42-30(4)39(49-21-22-52(42)46(55)62-48)28(2)24-47(7)43(61-45-40(53)37(51(9)10)23-29(3)59-45)31(5)41(32(6)44(54)60-38)56-26-36(27-57-47)50-58-25-33-17-19-35(20-18-33)34-15-13-12-14-16-34/h12-20,28-32,37-38,40-43,45,53H,11,21-27H2,1-10H3/t28-,29+,30+,31+,32+,37-,38-,40+,41+,42-,43-,45-,47-,48-/m1/s1. The van der Waals surface area contributed by atoms with Crippen LogP contribution in [0.4, 0.5) is 4.79 Å². The number of fused-ring (bicyclic) bond motifs is 4. The van der Waals surface area contributed by atoms with E-state index >= 15 is 0 Å². The zero-order valence-corrected chi connectivity index (χ0v) is 38.2. The molecule has 1 N–H and O–H groups in total. The van der Waals surface area contributed by atoms with E-state index in [1.165, 1.54) is 0 Å². The van der Waals surface area contributed by atoms with Gasteiger partial charge < -0.3 is 43.3 Å². The van der Waals surface area contributed by atoms with Gasteiger partial charge in [-0.1, -0.05) is 87.4 Å². The summed E-state index contributed by atoms with van der Waals surface area (Å²) < 4.78 is 40.0. The molecule has 14 nitrogen and oxygen atoms in total. The molecule has 0 aromatic heterocycles. The molecule has 0 spiro atoms. The predicted molar refractivity (Wildman–Crippen MR) is 235 cm³/mol. The third-order valence-electron chi connectivity index (χ3n) is 14.0. The molecule has 14 heteroatoms. The average Bonchev–Trinajstić information content (AvgIpc) is 3.39. The highest BCUT2D eigenvalue weighted by molar-refractivity contribution is 5.91. The minimum atomic E-state index is -1.13. The summed E-state index contributed by atoms with van der Waals surface area (Å²) >= 11 is 0. The summed E-state index contributed by atoms with van der Waals surface area (Å²) in [6.45, 7) is 16.9. The number of aliphatic hydroxyl groups is 1. The Hall–Kier alpha value is -3.92. The quantitative estimate of drug-likeness (QED) is 0.229. The average molecular weight is 861 g/mol. The highest BCUT2D eigenvalue weighted by atomic mass is 16.7. The molecule has 4 fully saturated rings. The fraction of sp³-hybridized carbons (Fsp3) is 0.667. The number of amides is 1. The first-order valence-corrected chi connectivity index (χ1v) is 22.5. The molecule has 14 atom stereocenters. The Morgan fingerprint density at radius 3 is 2.37 bits per heavy atom. The third-order valence-corrected chi connectivity index (χ3v) is 14.0. The summed E-state index contributed by atoms with van der Waals surface area (Å²) in [6.07, 6.45) is -3.41.